The topological polar surface area (TPSA) is 55.4 Å². The van der Waals surface area contributed by atoms with Crippen LogP contribution >= 0.6 is 0 Å². The SMILES string of the molecule is CCOc1ccccc1C(=O)c1ccc2c(c1)CC(=O)N2. The summed E-state index contributed by atoms with van der Waals surface area (Å²) in [6, 6.07) is 12.5. The van der Waals surface area contributed by atoms with Crippen molar-refractivity contribution < 1.29 is 14.3 Å². The number of para-hydroxylation sites is 1. The Kier molecular flexibility index (Phi) is 3.44. The van der Waals surface area contributed by atoms with Crippen molar-refractivity contribution in [1.29, 1.82) is 0 Å². The van der Waals surface area contributed by atoms with Crippen LogP contribution in [0.3, 0.4) is 0 Å². The van der Waals surface area contributed by atoms with E-state index in [1.807, 2.05) is 19.1 Å². The van der Waals surface area contributed by atoms with Gasteiger partial charge in [0.1, 0.15) is 5.75 Å². The first kappa shape index (κ1) is 13.4. The zero-order valence-corrected chi connectivity index (χ0v) is 11.7. The third kappa shape index (κ3) is 2.52. The zero-order valence-electron chi connectivity index (χ0n) is 11.7. The lowest BCUT2D eigenvalue weighted by atomic mass is 9.99. The van der Waals surface area contributed by atoms with Crippen molar-refractivity contribution in [3.63, 3.8) is 0 Å². The molecule has 2 aromatic rings. The molecule has 4 nitrogen and oxygen atoms in total. The van der Waals surface area contributed by atoms with Gasteiger partial charge in [-0.2, -0.15) is 0 Å². The predicted molar refractivity (Wildman–Crippen MR) is 79.8 cm³/mol. The quantitative estimate of drug-likeness (QED) is 0.877. The van der Waals surface area contributed by atoms with Crippen molar-refractivity contribution in [2.45, 2.75) is 13.3 Å². The normalized spacial score (nSPS) is 12.7. The van der Waals surface area contributed by atoms with E-state index in [1.54, 1.807) is 30.3 Å². The van der Waals surface area contributed by atoms with Crippen molar-refractivity contribution in [3.05, 3.63) is 59.2 Å². The number of amides is 1. The molecule has 1 aliphatic rings. The molecule has 0 saturated heterocycles. The standard InChI is InChI=1S/C17H15NO3/c1-2-21-15-6-4-3-5-13(15)17(20)11-7-8-14-12(9-11)10-16(19)18-14/h3-9H,2,10H2,1H3,(H,18,19). The van der Waals surface area contributed by atoms with Crippen LogP contribution in [0, 0.1) is 0 Å². The van der Waals surface area contributed by atoms with Gasteiger partial charge in [-0.25, -0.2) is 0 Å². The van der Waals surface area contributed by atoms with Gasteiger partial charge in [0.25, 0.3) is 0 Å². The number of carbonyl (C=O) groups excluding carboxylic acids is 2. The molecule has 0 aromatic heterocycles. The highest BCUT2D eigenvalue weighted by Gasteiger charge is 2.20. The largest absolute Gasteiger partial charge is 0.493 e. The average molecular weight is 281 g/mol. The van der Waals surface area contributed by atoms with Crippen molar-refractivity contribution in [1.82, 2.24) is 0 Å². The minimum absolute atomic E-state index is 0.0377. The molecule has 1 amide bonds. The number of hydrogen-bond donors (Lipinski definition) is 1. The molecule has 0 spiro atoms. The van der Waals surface area contributed by atoms with E-state index in [2.05, 4.69) is 5.32 Å². The molecule has 3 rings (SSSR count). The molecule has 1 N–H and O–H groups in total. The van der Waals surface area contributed by atoms with Crippen molar-refractivity contribution >= 4 is 17.4 Å². The van der Waals surface area contributed by atoms with E-state index in [4.69, 9.17) is 4.74 Å². The van der Waals surface area contributed by atoms with Gasteiger partial charge in [-0.1, -0.05) is 12.1 Å². The number of nitrogens with one attached hydrogen (secondary N) is 1. The van der Waals surface area contributed by atoms with Crippen LogP contribution in [0.25, 0.3) is 0 Å². The monoisotopic (exact) mass is 281 g/mol. The van der Waals surface area contributed by atoms with Crippen LogP contribution in [0.1, 0.15) is 28.4 Å². The fourth-order valence-corrected chi connectivity index (χ4v) is 2.46. The summed E-state index contributed by atoms with van der Waals surface area (Å²) in [6.45, 7) is 2.39. The van der Waals surface area contributed by atoms with E-state index in [-0.39, 0.29) is 11.7 Å². The molecule has 21 heavy (non-hydrogen) atoms. The molecule has 1 heterocycles. The molecule has 2 aromatic carbocycles. The van der Waals surface area contributed by atoms with E-state index in [1.165, 1.54) is 0 Å². The third-order valence-corrected chi connectivity index (χ3v) is 3.42. The van der Waals surface area contributed by atoms with E-state index >= 15 is 0 Å². The first-order valence-electron chi connectivity index (χ1n) is 6.88. The minimum atomic E-state index is -0.0961. The molecule has 4 heteroatoms. The van der Waals surface area contributed by atoms with Gasteiger partial charge < -0.3 is 10.1 Å². The molecule has 0 bridgehead atoms. The summed E-state index contributed by atoms with van der Waals surface area (Å²) in [5.41, 5.74) is 2.75. The van der Waals surface area contributed by atoms with Gasteiger partial charge in [0.2, 0.25) is 5.91 Å². The Morgan fingerprint density at radius 3 is 2.86 bits per heavy atom. The van der Waals surface area contributed by atoms with Gasteiger partial charge in [-0.05, 0) is 42.8 Å². The zero-order chi connectivity index (χ0) is 14.8. The number of ketones is 1. The van der Waals surface area contributed by atoms with Gasteiger partial charge >= 0.3 is 0 Å². The van der Waals surface area contributed by atoms with Crippen LogP contribution in [-0.2, 0) is 11.2 Å². The summed E-state index contributed by atoms with van der Waals surface area (Å²) in [5, 5.41) is 2.76. The second-order valence-electron chi connectivity index (χ2n) is 4.86. The first-order chi connectivity index (χ1) is 10.2. The fourth-order valence-electron chi connectivity index (χ4n) is 2.46. The lowest BCUT2D eigenvalue weighted by molar-refractivity contribution is -0.115. The Morgan fingerprint density at radius 2 is 2.05 bits per heavy atom. The van der Waals surface area contributed by atoms with Crippen LogP contribution in [0.2, 0.25) is 0 Å². The van der Waals surface area contributed by atoms with Crippen LogP contribution in [-0.4, -0.2) is 18.3 Å². The highest BCUT2D eigenvalue weighted by molar-refractivity contribution is 6.11. The number of hydrogen-bond acceptors (Lipinski definition) is 3. The molecular formula is C17H15NO3. The van der Waals surface area contributed by atoms with Crippen molar-refractivity contribution in [2.24, 2.45) is 0 Å². The molecule has 106 valence electrons. The molecule has 1 aliphatic heterocycles. The highest BCUT2D eigenvalue weighted by atomic mass is 16.5. The van der Waals surface area contributed by atoms with Gasteiger partial charge in [0.15, 0.2) is 5.78 Å². The Balaban J connectivity index is 1.96. The lowest BCUT2D eigenvalue weighted by Gasteiger charge is -2.09. The lowest BCUT2D eigenvalue weighted by Crippen LogP contribution is -2.05. The molecule has 0 atom stereocenters. The summed E-state index contributed by atoms with van der Waals surface area (Å²) < 4.78 is 5.50. The van der Waals surface area contributed by atoms with Crippen molar-refractivity contribution in [3.8, 4) is 5.75 Å². The summed E-state index contributed by atoms with van der Waals surface area (Å²) in [6.07, 6.45) is 0.323. The Morgan fingerprint density at radius 1 is 1.24 bits per heavy atom. The number of fused-ring (bicyclic) bond motifs is 1. The van der Waals surface area contributed by atoms with E-state index < -0.39 is 0 Å². The number of benzene rings is 2. The predicted octanol–water partition coefficient (Wildman–Crippen LogP) is 2.81. The summed E-state index contributed by atoms with van der Waals surface area (Å²) in [7, 11) is 0. The van der Waals surface area contributed by atoms with E-state index in [9.17, 15) is 9.59 Å². The maximum atomic E-state index is 12.6. The first-order valence-corrected chi connectivity index (χ1v) is 6.88. The molecular weight excluding hydrogens is 266 g/mol. The van der Waals surface area contributed by atoms with Gasteiger partial charge in [-0.15, -0.1) is 0 Å². The molecule has 0 fully saturated rings. The Labute approximate surface area is 122 Å². The second kappa shape index (κ2) is 5.40. The van der Waals surface area contributed by atoms with Crippen LogP contribution in [0.4, 0.5) is 5.69 Å². The van der Waals surface area contributed by atoms with Gasteiger partial charge in [0.05, 0.1) is 18.6 Å². The molecule has 0 aliphatic carbocycles. The minimum Gasteiger partial charge on any atom is -0.493 e. The number of carbonyl (C=O) groups is 2. The third-order valence-electron chi connectivity index (χ3n) is 3.42. The smallest absolute Gasteiger partial charge is 0.228 e. The maximum Gasteiger partial charge on any atom is 0.228 e. The van der Waals surface area contributed by atoms with Crippen molar-refractivity contribution in [2.75, 3.05) is 11.9 Å². The number of rotatable bonds is 4. The van der Waals surface area contributed by atoms with E-state index in [0.717, 1.165) is 11.3 Å². The number of ether oxygens (including phenoxy) is 1. The van der Waals surface area contributed by atoms with Crippen LogP contribution < -0.4 is 10.1 Å². The van der Waals surface area contributed by atoms with Gasteiger partial charge in [0, 0.05) is 11.3 Å². The highest BCUT2D eigenvalue weighted by Crippen LogP contribution is 2.27. The summed E-state index contributed by atoms with van der Waals surface area (Å²) in [5.74, 6) is 0.449. The summed E-state index contributed by atoms with van der Waals surface area (Å²) >= 11 is 0. The van der Waals surface area contributed by atoms with E-state index in [0.29, 0.717) is 29.9 Å². The van der Waals surface area contributed by atoms with Crippen LogP contribution in [0.5, 0.6) is 5.75 Å². The average Bonchev–Trinajstić information content (AvgIpc) is 2.86. The maximum absolute atomic E-state index is 12.6. The molecule has 0 radical (unpaired) electrons. The second-order valence-corrected chi connectivity index (χ2v) is 4.86. The Hall–Kier alpha value is -2.62. The summed E-state index contributed by atoms with van der Waals surface area (Å²) in [4.78, 5) is 24.0. The van der Waals surface area contributed by atoms with Gasteiger partial charge in [-0.3, -0.25) is 9.59 Å². The Bertz CT molecular complexity index is 722. The number of anilines is 1. The van der Waals surface area contributed by atoms with Crippen LogP contribution in [0.15, 0.2) is 42.5 Å². The molecule has 0 saturated carbocycles. The fraction of sp³-hybridized carbons (Fsp3) is 0.176. The molecule has 0 unspecified atom stereocenters.